The van der Waals surface area contributed by atoms with Gasteiger partial charge in [0, 0.05) is 25.2 Å². The monoisotopic (exact) mass is 596 g/mol. The second kappa shape index (κ2) is 12.3. The first-order chi connectivity index (χ1) is 21.2. The first kappa shape index (κ1) is 29.7. The summed E-state index contributed by atoms with van der Waals surface area (Å²) >= 11 is 0. The van der Waals surface area contributed by atoms with Gasteiger partial charge in [-0.05, 0) is 122 Å². The van der Waals surface area contributed by atoms with Crippen LogP contribution in [0.25, 0.3) is 0 Å². The minimum Gasteiger partial charge on any atom is -0.504 e. The van der Waals surface area contributed by atoms with Gasteiger partial charge in [0.1, 0.15) is 5.75 Å². The fourth-order valence-electron chi connectivity index (χ4n) is 6.58. The van der Waals surface area contributed by atoms with E-state index in [9.17, 15) is 15.3 Å². The third-order valence-corrected chi connectivity index (χ3v) is 9.16. The van der Waals surface area contributed by atoms with Crippen LogP contribution in [-0.4, -0.2) is 66.5 Å². The molecule has 2 aliphatic heterocycles. The Labute approximate surface area is 258 Å². The Morgan fingerprint density at radius 1 is 0.614 bits per heavy atom. The van der Waals surface area contributed by atoms with Gasteiger partial charge in [0.15, 0.2) is 34.5 Å². The maximum atomic E-state index is 10.6. The number of methoxy groups -OCH3 is 2. The summed E-state index contributed by atoms with van der Waals surface area (Å²) in [6.07, 6.45) is 3.28. The van der Waals surface area contributed by atoms with Gasteiger partial charge >= 0.3 is 0 Å². The molecule has 2 atom stereocenters. The number of aromatic hydroxyl groups is 3. The lowest BCUT2D eigenvalue weighted by molar-refractivity contribution is 0.228. The number of rotatable bonds is 8. The molecule has 0 aromatic heterocycles. The van der Waals surface area contributed by atoms with Gasteiger partial charge in [0.2, 0.25) is 0 Å². The molecular formula is C36H40N2O6. The summed E-state index contributed by atoms with van der Waals surface area (Å²) in [5.41, 5.74) is 6.76. The smallest absolute Gasteiger partial charge is 0.169 e. The van der Waals surface area contributed by atoms with Crippen LogP contribution in [-0.2, 0) is 25.7 Å². The predicted octanol–water partition coefficient (Wildman–Crippen LogP) is 6.16. The average Bonchev–Trinajstić information content (AvgIpc) is 3.02. The van der Waals surface area contributed by atoms with Crippen LogP contribution in [0.4, 0.5) is 0 Å². The number of phenolic OH excluding ortho intramolecular Hbond substituents is 3. The van der Waals surface area contributed by atoms with Gasteiger partial charge in [-0.25, -0.2) is 0 Å². The zero-order chi connectivity index (χ0) is 31.0. The van der Waals surface area contributed by atoms with E-state index in [1.165, 1.54) is 11.1 Å². The molecule has 6 rings (SSSR count). The van der Waals surface area contributed by atoms with Gasteiger partial charge in [0.25, 0.3) is 0 Å². The number of nitrogens with zero attached hydrogens (tertiary/aromatic N) is 2. The SMILES string of the molecule is COc1cc2c(cc1O)[C@@H](Cc1ccc(Oc3cc(C[C@@H]4c5cc(O)c(OC)cc5CCN4C)ccc3O)cc1)N(C)CC2. The Kier molecular flexibility index (Phi) is 8.29. The van der Waals surface area contributed by atoms with E-state index >= 15 is 0 Å². The van der Waals surface area contributed by atoms with Gasteiger partial charge in [0.05, 0.1) is 14.2 Å². The second-order valence-electron chi connectivity index (χ2n) is 11.9. The molecule has 0 unspecified atom stereocenters. The highest BCUT2D eigenvalue weighted by Gasteiger charge is 2.28. The number of hydrogen-bond donors (Lipinski definition) is 3. The van der Waals surface area contributed by atoms with E-state index in [4.69, 9.17) is 14.2 Å². The number of ether oxygens (including phenoxy) is 3. The van der Waals surface area contributed by atoms with Crippen LogP contribution in [0.5, 0.6) is 40.2 Å². The topological polar surface area (TPSA) is 94.9 Å². The molecular weight excluding hydrogens is 556 g/mol. The van der Waals surface area contributed by atoms with E-state index < -0.39 is 0 Å². The van der Waals surface area contributed by atoms with Gasteiger partial charge in [-0.2, -0.15) is 0 Å². The van der Waals surface area contributed by atoms with Crippen molar-refractivity contribution in [3.05, 3.63) is 100 Å². The van der Waals surface area contributed by atoms with Gasteiger partial charge in [-0.15, -0.1) is 0 Å². The molecule has 0 fully saturated rings. The lowest BCUT2D eigenvalue weighted by Gasteiger charge is -2.35. The normalized spacial score (nSPS) is 18.4. The van der Waals surface area contributed by atoms with E-state index in [0.717, 1.165) is 54.6 Å². The standard InChI is InChI=1S/C36H40N2O6/c1-37-13-11-24-18-34(42-3)32(40)20-27(24)29(37)15-22-5-8-26(9-6-22)44-36-17-23(7-10-31(36)39)16-30-28-21-33(41)35(43-4)19-25(28)12-14-38(30)2/h5-10,17-21,29-30,39-41H,11-16H2,1-4H3/t29-,30-/m1/s1. The van der Waals surface area contributed by atoms with Crippen molar-refractivity contribution < 1.29 is 29.5 Å². The molecule has 0 amide bonds. The van der Waals surface area contributed by atoms with Crippen molar-refractivity contribution in [3.8, 4) is 40.2 Å². The van der Waals surface area contributed by atoms with Crippen LogP contribution in [0.15, 0.2) is 66.7 Å². The van der Waals surface area contributed by atoms with Crippen molar-refractivity contribution in [2.75, 3.05) is 41.4 Å². The van der Waals surface area contributed by atoms with Crippen molar-refractivity contribution in [1.29, 1.82) is 0 Å². The molecule has 2 aliphatic rings. The number of phenols is 3. The van der Waals surface area contributed by atoms with E-state index in [1.807, 2.05) is 48.5 Å². The number of likely N-dealkylation sites (N-methyl/N-ethyl adjacent to an activating group) is 2. The summed E-state index contributed by atoms with van der Waals surface area (Å²) in [5.74, 6) is 2.42. The first-order valence-electron chi connectivity index (χ1n) is 15.0. The number of benzene rings is 4. The average molecular weight is 597 g/mol. The van der Waals surface area contributed by atoms with Crippen molar-refractivity contribution >= 4 is 0 Å². The van der Waals surface area contributed by atoms with E-state index in [1.54, 1.807) is 20.3 Å². The summed E-state index contributed by atoms with van der Waals surface area (Å²) in [5, 5.41) is 31.5. The van der Waals surface area contributed by atoms with Crippen LogP contribution >= 0.6 is 0 Å². The molecule has 0 spiro atoms. The summed E-state index contributed by atoms with van der Waals surface area (Å²) in [6.45, 7) is 1.83. The maximum absolute atomic E-state index is 10.6. The minimum absolute atomic E-state index is 0.0679. The summed E-state index contributed by atoms with van der Waals surface area (Å²) in [6, 6.07) is 21.2. The Morgan fingerprint density at radius 3 is 1.64 bits per heavy atom. The van der Waals surface area contributed by atoms with Crippen LogP contribution in [0.2, 0.25) is 0 Å². The zero-order valence-electron chi connectivity index (χ0n) is 25.7. The molecule has 0 radical (unpaired) electrons. The Morgan fingerprint density at radius 2 is 1.11 bits per heavy atom. The lowest BCUT2D eigenvalue weighted by Crippen LogP contribution is -2.33. The molecule has 230 valence electrons. The largest absolute Gasteiger partial charge is 0.504 e. The maximum Gasteiger partial charge on any atom is 0.169 e. The summed E-state index contributed by atoms with van der Waals surface area (Å²) in [7, 11) is 7.35. The fraction of sp³-hybridized carbons (Fsp3) is 0.333. The highest BCUT2D eigenvalue weighted by atomic mass is 16.5. The fourth-order valence-corrected chi connectivity index (χ4v) is 6.58. The third kappa shape index (κ3) is 5.87. The summed E-state index contributed by atoms with van der Waals surface area (Å²) in [4.78, 5) is 4.61. The Hall–Kier alpha value is -4.40. The highest BCUT2D eigenvalue weighted by molar-refractivity contribution is 5.51. The molecule has 4 aromatic rings. The number of hydrogen-bond acceptors (Lipinski definition) is 8. The van der Waals surface area contributed by atoms with Gasteiger partial charge in [-0.1, -0.05) is 18.2 Å². The van der Waals surface area contributed by atoms with Crippen molar-refractivity contribution in [3.63, 3.8) is 0 Å². The van der Waals surface area contributed by atoms with Crippen molar-refractivity contribution in [1.82, 2.24) is 9.80 Å². The molecule has 0 bridgehead atoms. The summed E-state index contributed by atoms with van der Waals surface area (Å²) < 4.78 is 16.8. The van der Waals surface area contributed by atoms with Crippen molar-refractivity contribution in [2.24, 2.45) is 0 Å². The van der Waals surface area contributed by atoms with E-state index in [2.05, 4.69) is 36.0 Å². The Bertz CT molecular complexity index is 1650. The second-order valence-corrected chi connectivity index (χ2v) is 11.9. The molecule has 8 nitrogen and oxygen atoms in total. The quantitative estimate of drug-likeness (QED) is 0.223. The molecule has 3 N–H and O–H groups in total. The minimum atomic E-state index is 0.0679. The van der Waals surface area contributed by atoms with Gasteiger partial charge in [-0.3, -0.25) is 9.80 Å². The molecule has 0 aliphatic carbocycles. The highest BCUT2D eigenvalue weighted by Crippen LogP contribution is 2.41. The third-order valence-electron chi connectivity index (χ3n) is 9.16. The molecule has 0 saturated heterocycles. The van der Waals surface area contributed by atoms with Gasteiger partial charge < -0.3 is 29.5 Å². The van der Waals surface area contributed by atoms with Crippen LogP contribution in [0.1, 0.15) is 45.5 Å². The van der Waals surface area contributed by atoms with Crippen molar-refractivity contribution in [2.45, 2.75) is 37.8 Å². The molecule has 8 heteroatoms. The molecule has 2 heterocycles. The van der Waals surface area contributed by atoms with Crippen LogP contribution < -0.4 is 14.2 Å². The first-order valence-corrected chi connectivity index (χ1v) is 15.0. The number of fused-ring (bicyclic) bond motifs is 2. The molecule has 44 heavy (non-hydrogen) atoms. The Balaban J connectivity index is 1.17. The lowest BCUT2D eigenvalue weighted by atomic mass is 9.88. The molecule has 0 saturated carbocycles. The van der Waals surface area contributed by atoms with E-state index in [0.29, 0.717) is 29.4 Å². The van der Waals surface area contributed by atoms with E-state index in [-0.39, 0.29) is 29.3 Å². The molecule has 4 aromatic carbocycles. The zero-order valence-corrected chi connectivity index (χ0v) is 25.7. The van der Waals surface area contributed by atoms with Crippen LogP contribution in [0.3, 0.4) is 0 Å². The van der Waals surface area contributed by atoms with Crippen LogP contribution in [0, 0.1) is 0 Å². The predicted molar refractivity (Wildman–Crippen MR) is 169 cm³/mol.